The molecule has 6 heteroatoms. The molecule has 2 aromatic carbocycles. The van der Waals surface area contributed by atoms with Crippen molar-refractivity contribution in [3.63, 3.8) is 0 Å². The fourth-order valence-electron chi connectivity index (χ4n) is 2.00. The Morgan fingerprint density at radius 1 is 0.900 bits per heavy atom. The third-order valence-electron chi connectivity index (χ3n) is 2.96. The van der Waals surface area contributed by atoms with Gasteiger partial charge in [-0.15, -0.1) is 0 Å². The fraction of sp³-hybridized carbons (Fsp3) is 0.0714. The van der Waals surface area contributed by atoms with Gasteiger partial charge >= 0.3 is 6.18 Å². The van der Waals surface area contributed by atoms with Crippen LogP contribution in [0.25, 0.3) is 21.9 Å². The van der Waals surface area contributed by atoms with E-state index in [0.717, 1.165) is 30.3 Å². The highest BCUT2D eigenvalue weighted by Crippen LogP contribution is 2.31. The number of halogens is 4. The van der Waals surface area contributed by atoms with Gasteiger partial charge in [0.1, 0.15) is 17.0 Å². The van der Waals surface area contributed by atoms with Gasteiger partial charge in [-0.05, 0) is 30.3 Å². The number of fused-ring (bicyclic) bond motifs is 2. The summed E-state index contributed by atoms with van der Waals surface area (Å²) in [6.45, 7) is 0. The fourth-order valence-corrected chi connectivity index (χ4v) is 2.00. The van der Waals surface area contributed by atoms with E-state index in [0.29, 0.717) is 0 Å². The molecule has 0 unspecified atom stereocenters. The molecular formula is C14H6F4O2. The smallest absolute Gasteiger partial charge is 0.416 e. The van der Waals surface area contributed by atoms with Crippen LogP contribution in [0, 0.1) is 5.82 Å². The maximum absolute atomic E-state index is 13.1. The molecule has 0 radical (unpaired) electrons. The Kier molecular flexibility index (Phi) is 2.57. The zero-order valence-corrected chi connectivity index (χ0v) is 9.79. The largest absolute Gasteiger partial charge is 0.456 e. The van der Waals surface area contributed by atoms with Crippen LogP contribution in [0.2, 0.25) is 0 Å². The van der Waals surface area contributed by atoms with Crippen molar-refractivity contribution in [2.45, 2.75) is 6.18 Å². The van der Waals surface area contributed by atoms with Gasteiger partial charge in [0.05, 0.1) is 16.3 Å². The number of rotatable bonds is 0. The first kappa shape index (κ1) is 12.7. The molecule has 3 aromatic rings. The lowest BCUT2D eigenvalue weighted by molar-refractivity contribution is -0.137. The molecule has 0 saturated heterocycles. The van der Waals surface area contributed by atoms with Crippen molar-refractivity contribution in [1.29, 1.82) is 0 Å². The minimum Gasteiger partial charge on any atom is -0.456 e. The van der Waals surface area contributed by atoms with Crippen molar-refractivity contribution in [2.75, 3.05) is 0 Å². The highest BCUT2D eigenvalue weighted by Gasteiger charge is 2.31. The average molecular weight is 282 g/mol. The minimum absolute atomic E-state index is 0.00209. The molecule has 0 aliphatic rings. The van der Waals surface area contributed by atoms with E-state index in [4.69, 9.17) is 4.42 Å². The van der Waals surface area contributed by atoms with Crippen molar-refractivity contribution in [2.24, 2.45) is 0 Å². The van der Waals surface area contributed by atoms with Crippen LogP contribution in [0.4, 0.5) is 17.6 Å². The van der Waals surface area contributed by atoms with E-state index in [1.807, 2.05) is 0 Å². The van der Waals surface area contributed by atoms with Gasteiger partial charge in [-0.1, -0.05) is 0 Å². The molecule has 0 spiro atoms. The summed E-state index contributed by atoms with van der Waals surface area (Å²) in [5.74, 6) is -0.591. The van der Waals surface area contributed by atoms with Crippen molar-refractivity contribution >= 4 is 21.9 Å². The summed E-state index contributed by atoms with van der Waals surface area (Å²) < 4.78 is 56.2. The van der Waals surface area contributed by atoms with Gasteiger partial charge in [-0.3, -0.25) is 4.79 Å². The molecule has 0 fully saturated rings. The molecule has 0 bridgehead atoms. The molecule has 2 nitrogen and oxygen atoms in total. The van der Waals surface area contributed by atoms with E-state index >= 15 is 0 Å². The molecule has 0 saturated carbocycles. The van der Waals surface area contributed by atoms with Crippen LogP contribution in [0.5, 0.6) is 0 Å². The standard InChI is InChI=1S/C14H6F4O2/c15-8-2-3-9-12(6-8)20-11-4-1-7(14(16,17)18)5-10(11)13(9)19/h1-6H. The van der Waals surface area contributed by atoms with Gasteiger partial charge in [0.15, 0.2) is 0 Å². The average Bonchev–Trinajstić information content (AvgIpc) is 2.37. The summed E-state index contributed by atoms with van der Waals surface area (Å²) in [6, 6.07) is 5.88. The van der Waals surface area contributed by atoms with Gasteiger partial charge in [-0.2, -0.15) is 13.2 Å². The molecule has 0 N–H and O–H groups in total. The van der Waals surface area contributed by atoms with E-state index < -0.39 is 23.0 Å². The molecule has 0 atom stereocenters. The Bertz CT molecular complexity index is 878. The van der Waals surface area contributed by atoms with Gasteiger partial charge in [0.25, 0.3) is 0 Å². The Hall–Kier alpha value is -2.37. The maximum Gasteiger partial charge on any atom is 0.416 e. The summed E-state index contributed by atoms with van der Waals surface area (Å²) in [5.41, 5.74) is -1.56. The molecule has 0 amide bonds. The molecule has 0 aliphatic heterocycles. The number of hydrogen-bond acceptors (Lipinski definition) is 2. The zero-order chi connectivity index (χ0) is 14.5. The van der Waals surface area contributed by atoms with Gasteiger partial charge < -0.3 is 4.42 Å². The molecule has 1 aromatic heterocycles. The van der Waals surface area contributed by atoms with Crippen LogP contribution >= 0.6 is 0 Å². The maximum atomic E-state index is 13.1. The van der Waals surface area contributed by atoms with Crippen LogP contribution < -0.4 is 5.43 Å². The Morgan fingerprint density at radius 3 is 2.35 bits per heavy atom. The van der Waals surface area contributed by atoms with Gasteiger partial charge in [-0.25, -0.2) is 4.39 Å². The summed E-state index contributed by atoms with van der Waals surface area (Å²) >= 11 is 0. The highest BCUT2D eigenvalue weighted by molar-refractivity contribution is 5.89. The molecule has 20 heavy (non-hydrogen) atoms. The predicted molar refractivity (Wildman–Crippen MR) is 65.0 cm³/mol. The van der Waals surface area contributed by atoms with E-state index in [9.17, 15) is 22.4 Å². The lowest BCUT2D eigenvalue weighted by atomic mass is 10.1. The minimum atomic E-state index is -4.54. The Labute approximate surface area is 109 Å². The Morgan fingerprint density at radius 2 is 1.65 bits per heavy atom. The number of benzene rings is 2. The van der Waals surface area contributed by atoms with Gasteiger partial charge in [0, 0.05) is 6.07 Å². The molecule has 102 valence electrons. The van der Waals surface area contributed by atoms with E-state index in [2.05, 4.69) is 0 Å². The number of hydrogen-bond donors (Lipinski definition) is 0. The SMILES string of the molecule is O=c1c2ccc(F)cc2oc2ccc(C(F)(F)F)cc12. The normalized spacial score (nSPS) is 12.2. The lowest BCUT2D eigenvalue weighted by Gasteiger charge is -2.07. The van der Waals surface area contributed by atoms with E-state index in [1.54, 1.807) is 0 Å². The number of alkyl halides is 3. The van der Waals surface area contributed by atoms with Crippen molar-refractivity contribution < 1.29 is 22.0 Å². The van der Waals surface area contributed by atoms with Crippen LogP contribution in [0.3, 0.4) is 0 Å². The van der Waals surface area contributed by atoms with E-state index in [1.165, 1.54) is 6.07 Å². The summed E-state index contributed by atoms with van der Waals surface area (Å²) in [6.07, 6.45) is -4.54. The summed E-state index contributed by atoms with van der Waals surface area (Å²) in [5, 5.41) is -0.142. The van der Waals surface area contributed by atoms with Crippen LogP contribution in [-0.2, 0) is 6.18 Å². The molecule has 0 aliphatic carbocycles. The molecule has 1 heterocycles. The van der Waals surface area contributed by atoms with Crippen molar-refractivity contribution in [1.82, 2.24) is 0 Å². The van der Waals surface area contributed by atoms with Crippen molar-refractivity contribution in [3.8, 4) is 0 Å². The second kappa shape index (κ2) is 4.06. The molecule has 3 rings (SSSR count). The first-order chi connectivity index (χ1) is 9.36. The predicted octanol–water partition coefficient (Wildman–Crippen LogP) is 4.10. The first-order valence-electron chi connectivity index (χ1n) is 5.59. The highest BCUT2D eigenvalue weighted by atomic mass is 19.4. The summed E-state index contributed by atoms with van der Waals surface area (Å²) in [7, 11) is 0. The van der Waals surface area contributed by atoms with Crippen LogP contribution in [0.15, 0.2) is 45.6 Å². The third-order valence-corrected chi connectivity index (χ3v) is 2.96. The quantitative estimate of drug-likeness (QED) is 0.459. The second-order valence-electron chi connectivity index (χ2n) is 4.28. The van der Waals surface area contributed by atoms with Gasteiger partial charge in [0.2, 0.25) is 5.43 Å². The van der Waals surface area contributed by atoms with Crippen molar-refractivity contribution in [3.05, 3.63) is 58.0 Å². The van der Waals surface area contributed by atoms with E-state index in [-0.39, 0.29) is 21.9 Å². The van der Waals surface area contributed by atoms with Crippen LogP contribution in [-0.4, -0.2) is 0 Å². The first-order valence-corrected chi connectivity index (χ1v) is 5.59. The summed E-state index contributed by atoms with van der Waals surface area (Å²) in [4.78, 5) is 12.1. The zero-order valence-electron chi connectivity index (χ0n) is 9.79. The topological polar surface area (TPSA) is 30.2 Å². The monoisotopic (exact) mass is 282 g/mol. The van der Waals surface area contributed by atoms with Crippen LogP contribution in [0.1, 0.15) is 5.56 Å². The lowest BCUT2D eigenvalue weighted by Crippen LogP contribution is -2.08. The second-order valence-corrected chi connectivity index (χ2v) is 4.28. The Balaban J connectivity index is 2.42. The third kappa shape index (κ3) is 1.93. The molecular weight excluding hydrogens is 276 g/mol.